The number of carbonyl (C=O) groups excluding carboxylic acids is 2. The number of aromatic nitrogens is 1. The molecule has 3 N–H and O–H groups in total. The molecule has 0 radical (unpaired) electrons. The molecule has 1 aromatic heterocycles. The van der Waals surface area contributed by atoms with Gasteiger partial charge in [0.2, 0.25) is 5.91 Å². The molecular weight excluding hydrogens is 432 g/mol. The number of anilines is 2. The van der Waals surface area contributed by atoms with Crippen LogP contribution in [0.15, 0.2) is 78.0 Å². The number of carbonyl (C=O) groups is 2. The molecular formula is C22H22N4O5S. The SMILES string of the molecule is CCOc1ccc(NC(=O)CNC(=O)c2ccc(S(=O)(=O)Nc3ccncc3)cc2)cc1. The lowest BCUT2D eigenvalue weighted by Gasteiger charge is -2.10. The van der Waals surface area contributed by atoms with Gasteiger partial charge in [-0.15, -0.1) is 0 Å². The van der Waals surface area contributed by atoms with Crippen molar-refractivity contribution in [3.63, 3.8) is 0 Å². The Kier molecular flexibility index (Phi) is 7.40. The first-order valence-electron chi connectivity index (χ1n) is 9.71. The third kappa shape index (κ3) is 6.29. The average Bonchev–Trinajstić information content (AvgIpc) is 2.79. The molecule has 0 spiro atoms. The lowest BCUT2D eigenvalue weighted by atomic mass is 10.2. The zero-order chi connectivity index (χ0) is 23.0. The molecule has 0 fully saturated rings. The van der Waals surface area contributed by atoms with Gasteiger partial charge in [-0.3, -0.25) is 19.3 Å². The second kappa shape index (κ2) is 10.4. The normalized spacial score (nSPS) is 10.8. The average molecular weight is 455 g/mol. The highest BCUT2D eigenvalue weighted by molar-refractivity contribution is 7.92. The lowest BCUT2D eigenvalue weighted by molar-refractivity contribution is -0.115. The van der Waals surface area contributed by atoms with Crippen LogP contribution < -0.4 is 20.1 Å². The van der Waals surface area contributed by atoms with E-state index in [1.807, 2.05) is 6.92 Å². The first-order valence-corrected chi connectivity index (χ1v) is 11.2. The number of pyridine rings is 1. The summed E-state index contributed by atoms with van der Waals surface area (Å²) in [7, 11) is -3.81. The number of ether oxygens (including phenoxy) is 1. The van der Waals surface area contributed by atoms with Gasteiger partial charge in [0.1, 0.15) is 5.75 Å². The predicted octanol–water partition coefficient (Wildman–Crippen LogP) is 2.65. The Bertz CT molecular complexity index is 1170. The summed E-state index contributed by atoms with van der Waals surface area (Å²) in [5.74, 6) is -0.207. The number of hydrogen-bond acceptors (Lipinski definition) is 6. The lowest BCUT2D eigenvalue weighted by Crippen LogP contribution is -2.32. The third-order valence-corrected chi connectivity index (χ3v) is 5.62. The minimum absolute atomic E-state index is 0.000829. The van der Waals surface area contributed by atoms with E-state index in [1.54, 1.807) is 24.3 Å². The van der Waals surface area contributed by atoms with Crippen LogP contribution in [0.4, 0.5) is 11.4 Å². The van der Waals surface area contributed by atoms with Gasteiger partial charge in [0, 0.05) is 23.6 Å². The zero-order valence-corrected chi connectivity index (χ0v) is 18.1. The van der Waals surface area contributed by atoms with Gasteiger partial charge in [-0.05, 0) is 67.6 Å². The largest absolute Gasteiger partial charge is 0.494 e. The van der Waals surface area contributed by atoms with E-state index in [4.69, 9.17) is 4.74 Å². The summed E-state index contributed by atoms with van der Waals surface area (Å²) >= 11 is 0. The Labute approximate surface area is 185 Å². The van der Waals surface area contributed by atoms with Crippen molar-refractivity contribution >= 4 is 33.2 Å². The van der Waals surface area contributed by atoms with Crippen molar-refractivity contribution in [2.24, 2.45) is 0 Å². The Balaban J connectivity index is 1.53. The molecule has 3 aromatic rings. The van der Waals surface area contributed by atoms with Gasteiger partial charge in [0.15, 0.2) is 0 Å². The molecule has 1 heterocycles. The maximum Gasteiger partial charge on any atom is 0.261 e. The van der Waals surface area contributed by atoms with Crippen molar-refractivity contribution in [1.82, 2.24) is 10.3 Å². The Morgan fingerprint density at radius 1 is 0.906 bits per heavy atom. The van der Waals surface area contributed by atoms with E-state index < -0.39 is 21.8 Å². The summed E-state index contributed by atoms with van der Waals surface area (Å²) in [4.78, 5) is 28.2. The molecule has 0 aliphatic carbocycles. The van der Waals surface area contributed by atoms with Crippen LogP contribution in [0.2, 0.25) is 0 Å². The van der Waals surface area contributed by atoms with E-state index in [9.17, 15) is 18.0 Å². The minimum atomic E-state index is -3.81. The molecule has 9 nitrogen and oxygen atoms in total. The Morgan fingerprint density at radius 3 is 2.19 bits per heavy atom. The van der Waals surface area contributed by atoms with E-state index in [0.29, 0.717) is 23.7 Å². The van der Waals surface area contributed by atoms with Gasteiger partial charge in [-0.1, -0.05) is 0 Å². The van der Waals surface area contributed by atoms with Crippen LogP contribution in [0, 0.1) is 0 Å². The van der Waals surface area contributed by atoms with Crippen LogP contribution in [-0.4, -0.2) is 38.4 Å². The summed E-state index contributed by atoms with van der Waals surface area (Å²) in [6.45, 7) is 2.19. The van der Waals surface area contributed by atoms with Crippen molar-refractivity contribution in [3.8, 4) is 5.75 Å². The topological polar surface area (TPSA) is 126 Å². The molecule has 0 aliphatic rings. The van der Waals surface area contributed by atoms with E-state index in [0.717, 1.165) is 0 Å². The summed E-state index contributed by atoms with van der Waals surface area (Å²) in [6.07, 6.45) is 2.94. The smallest absolute Gasteiger partial charge is 0.261 e. The van der Waals surface area contributed by atoms with Crippen molar-refractivity contribution in [1.29, 1.82) is 0 Å². The van der Waals surface area contributed by atoms with Gasteiger partial charge in [0.25, 0.3) is 15.9 Å². The summed E-state index contributed by atoms with van der Waals surface area (Å²) in [6, 6.07) is 15.3. The Hall–Kier alpha value is -3.92. The zero-order valence-electron chi connectivity index (χ0n) is 17.2. The molecule has 2 amide bonds. The quantitative estimate of drug-likeness (QED) is 0.456. The van der Waals surface area contributed by atoms with Crippen LogP contribution in [0.5, 0.6) is 5.75 Å². The monoisotopic (exact) mass is 454 g/mol. The van der Waals surface area contributed by atoms with E-state index >= 15 is 0 Å². The van der Waals surface area contributed by atoms with E-state index in [2.05, 4.69) is 20.3 Å². The molecule has 0 atom stereocenters. The van der Waals surface area contributed by atoms with Gasteiger partial charge >= 0.3 is 0 Å². The van der Waals surface area contributed by atoms with Crippen LogP contribution in [-0.2, 0) is 14.8 Å². The molecule has 3 rings (SSSR count). The van der Waals surface area contributed by atoms with Crippen molar-refractivity contribution in [2.45, 2.75) is 11.8 Å². The Morgan fingerprint density at radius 2 is 1.56 bits per heavy atom. The third-order valence-electron chi connectivity index (χ3n) is 4.22. The summed E-state index contributed by atoms with van der Waals surface area (Å²) in [5, 5.41) is 5.17. The minimum Gasteiger partial charge on any atom is -0.494 e. The van der Waals surface area contributed by atoms with Crippen LogP contribution in [0.3, 0.4) is 0 Å². The molecule has 2 aromatic carbocycles. The predicted molar refractivity (Wildman–Crippen MR) is 120 cm³/mol. The van der Waals surface area contributed by atoms with Crippen LogP contribution >= 0.6 is 0 Å². The summed E-state index contributed by atoms with van der Waals surface area (Å²) in [5.41, 5.74) is 1.17. The van der Waals surface area contributed by atoms with Crippen LogP contribution in [0.25, 0.3) is 0 Å². The molecule has 0 unspecified atom stereocenters. The first kappa shape index (κ1) is 22.8. The molecule has 0 aliphatic heterocycles. The fourth-order valence-electron chi connectivity index (χ4n) is 2.69. The number of hydrogen-bond donors (Lipinski definition) is 3. The molecule has 32 heavy (non-hydrogen) atoms. The van der Waals surface area contributed by atoms with Gasteiger partial charge in [0.05, 0.1) is 23.7 Å². The van der Waals surface area contributed by atoms with Crippen LogP contribution in [0.1, 0.15) is 17.3 Å². The number of amides is 2. The number of sulfonamides is 1. The highest BCUT2D eigenvalue weighted by Gasteiger charge is 2.15. The van der Waals surface area contributed by atoms with Gasteiger partial charge in [-0.2, -0.15) is 0 Å². The second-order valence-corrected chi connectivity index (χ2v) is 8.24. The standard InChI is InChI=1S/C22H22N4O5S/c1-2-31-19-7-5-17(6-8-19)25-21(27)15-24-22(28)16-3-9-20(10-4-16)32(29,30)26-18-11-13-23-14-12-18/h3-14H,2,15H2,1H3,(H,23,26)(H,24,28)(H,25,27). The second-order valence-electron chi connectivity index (χ2n) is 6.55. The molecule has 0 bridgehead atoms. The van der Waals surface area contributed by atoms with Crippen molar-refractivity contribution in [2.75, 3.05) is 23.2 Å². The molecule has 0 saturated heterocycles. The maximum atomic E-state index is 12.4. The number of benzene rings is 2. The highest BCUT2D eigenvalue weighted by Crippen LogP contribution is 2.17. The van der Waals surface area contributed by atoms with Crippen molar-refractivity contribution in [3.05, 3.63) is 78.6 Å². The molecule has 10 heteroatoms. The highest BCUT2D eigenvalue weighted by atomic mass is 32.2. The number of rotatable bonds is 9. The number of nitrogens with one attached hydrogen (secondary N) is 3. The number of nitrogens with zero attached hydrogens (tertiary/aromatic N) is 1. The molecule has 0 saturated carbocycles. The van der Waals surface area contributed by atoms with Gasteiger partial charge < -0.3 is 15.4 Å². The van der Waals surface area contributed by atoms with Crippen molar-refractivity contribution < 1.29 is 22.7 Å². The first-order chi connectivity index (χ1) is 15.4. The fourth-order valence-corrected chi connectivity index (χ4v) is 3.75. The molecule has 166 valence electrons. The summed E-state index contributed by atoms with van der Waals surface area (Å²) < 4.78 is 32.6. The van der Waals surface area contributed by atoms with Gasteiger partial charge in [-0.25, -0.2) is 8.42 Å². The maximum absolute atomic E-state index is 12.4. The van der Waals surface area contributed by atoms with E-state index in [-0.39, 0.29) is 17.0 Å². The van der Waals surface area contributed by atoms with E-state index in [1.165, 1.54) is 48.8 Å². The fraction of sp³-hybridized carbons (Fsp3) is 0.136.